The molecule has 17 heteroatoms. The first kappa shape index (κ1) is 89.4. The molecule has 1 aromatic rings. The largest absolute Gasteiger partial charge is 0.424 e. The molecule has 1 aromatic heterocycles. The van der Waals surface area contributed by atoms with Crippen LogP contribution in [0.25, 0.3) is 14.5 Å². The van der Waals surface area contributed by atoms with Gasteiger partial charge in [-0.05, 0) is 249 Å². The van der Waals surface area contributed by atoms with Crippen LogP contribution in [0, 0.1) is 171 Å². The van der Waals surface area contributed by atoms with Crippen molar-refractivity contribution in [3.63, 3.8) is 0 Å². The third kappa shape index (κ3) is 12.4. The number of fused-ring (bicyclic) bond motifs is 21. The van der Waals surface area contributed by atoms with Crippen LogP contribution in [-0.2, 0) is 48.6 Å². The Morgan fingerprint density at radius 2 is 0.783 bits per heavy atom. The standard InChI is InChI=1S/C36H50N2O4.C35H47N3O3.C31H40ClNO3.CH4/c1-21(2)30(42)38-20-27(40)36-15-13-31(3,4)18-22(36)28-24(39)17-26-33(7)19-23(37-10)29(41)32(5,6)25(33)11-12-34(26,8)35(28,9)14-16-36;1-20(2)28-37-38-29(41-28)35-15-13-30(3,4)18-21(35)26-23(39)17-25-32(7)19-22(36-10)27(40)31(5,6)24(32)11-12-33(25,8)34(26,9)14-16-35;1-26(2)11-13-31(25(32)36)14-12-30(7)23(18(31)16-26)20(34)15-22-28(5)17-19(33-8)24(35)27(3,4)21(28)9-10-29(22,30)6;/h17,19,21-22,25,28H,11-16,18,20H2,1-9H3,(H,38,42);17,19-21,24,26H,11-16,18H2,1-9H3;15,17-18,21,23H,9-14,16H2,1-7H3;1H4/t22-,25-,28-,33-,34+,35+,36-;21-,24-,26-,32-,33+,34+,35-;18-,21-,23-,28-,29+,30+,31-;/m000./s1/i;;;1T. The summed E-state index contributed by atoms with van der Waals surface area (Å²) in [6.07, 6.45) is 29.7. The van der Waals surface area contributed by atoms with Gasteiger partial charge in [-0.2, -0.15) is 0 Å². The van der Waals surface area contributed by atoms with E-state index in [0.717, 1.165) is 157 Å². The van der Waals surface area contributed by atoms with E-state index >= 15 is 0 Å². The molecule has 16 rings (SSSR count). The smallest absolute Gasteiger partial charge is 0.228 e. The lowest BCUT2D eigenvalue weighted by Gasteiger charge is -2.69. The van der Waals surface area contributed by atoms with E-state index in [1.165, 1.54) is 7.40 Å². The summed E-state index contributed by atoms with van der Waals surface area (Å²) in [6, 6.07) is 0. The number of ketones is 7. The van der Waals surface area contributed by atoms with Gasteiger partial charge in [0.25, 0.3) is 0 Å². The molecular weight excluding hydrogens is 1520 g/mol. The first-order valence-corrected chi connectivity index (χ1v) is 45.8. The predicted octanol–water partition coefficient (Wildman–Crippen LogP) is 22.9. The first-order valence-electron chi connectivity index (χ1n) is 46.4. The van der Waals surface area contributed by atoms with Gasteiger partial charge in [-0.1, -0.05) is 215 Å². The Labute approximate surface area is 724 Å². The maximum atomic E-state index is 14.7. The van der Waals surface area contributed by atoms with Crippen molar-refractivity contribution >= 4 is 63.2 Å². The highest BCUT2D eigenvalue weighted by Gasteiger charge is 2.76. The SMILES string of the molecule is [3H]C.[C-]#[N+]C1=C[C@]2(C)C3=CC(=O)[C@@H]4[C@@H]5CC(C)(C)CC[C@]5(C(=O)CNC(=O)C(C)C)CC[C@@]4(C)[C@]3(C)CC[C@H]2C(C)(C)C1=O.[C-]#[N+]C1=C[C@]2(C)C3=CC(=O)[C@@H]4[C@@H]5CC(C)(C)CC[C@]5(C(=O)Cl)CC[C@@]4(C)[C@]3(C)CC[C@H]2C(C)(C)C1=O.[C-]#[N+]C1=C[C@]2(C)C3=CC(=O)[C@@H]4[C@@H]5CC(C)(C)CC[C@]5(c5nnc(C(C)C)o5)CC[C@@]4(C)[C@]3(C)CC[C@H]2C(C)(C)C1=O. The molecule has 9 saturated carbocycles. The van der Waals surface area contributed by atoms with Crippen molar-refractivity contribution in [2.45, 2.75) is 327 Å². The molecule has 9 fully saturated rings. The fourth-order valence-electron chi connectivity index (χ4n) is 31.2. The molecule has 16 nitrogen and oxygen atoms in total. The number of aromatic nitrogens is 2. The lowest BCUT2D eigenvalue weighted by molar-refractivity contribution is -0.177. The van der Waals surface area contributed by atoms with Gasteiger partial charge < -0.3 is 24.1 Å². The Bertz CT molecular complexity index is 4950. The lowest BCUT2D eigenvalue weighted by atomic mass is 9.34. The number of carbonyl (C=O) groups excluding carboxylic acids is 9. The van der Waals surface area contributed by atoms with Crippen LogP contribution in [0.4, 0.5) is 0 Å². The molecular formula is C103H141ClN6O10. The molecule has 0 radical (unpaired) electrons. The maximum Gasteiger partial charge on any atom is 0.228 e. The Balaban J connectivity index is 0.000000155. The number of hydrogen-bond acceptors (Lipinski definition) is 12. The molecule has 0 spiro atoms. The number of carbonyl (C=O) groups is 9. The number of amides is 1. The predicted molar refractivity (Wildman–Crippen MR) is 468 cm³/mol. The van der Waals surface area contributed by atoms with Gasteiger partial charge in [-0.3, -0.25) is 28.8 Å². The maximum absolute atomic E-state index is 14.7. The molecule has 650 valence electrons. The van der Waals surface area contributed by atoms with Crippen LogP contribution in [0.5, 0.6) is 0 Å². The molecule has 0 aromatic carbocycles. The Morgan fingerprint density at radius 1 is 0.467 bits per heavy atom. The van der Waals surface area contributed by atoms with Crippen LogP contribution < -0.4 is 5.32 Å². The Kier molecular flexibility index (Phi) is 21.3. The molecule has 15 aliphatic carbocycles. The Hall–Kier alpha value is -6.83. The minimum atomic E-state index is -0.686. The number of rotatable bonds is 7. The number of halogens is 1. The summed E-state index contributed by atoms with van der Waals surface area (Å²) >= 11 is 6.37. The molecule has 0 aliphatic heterocycles. The van der Waals surface area contributed by atoms with Crippen molar-refractivity contribution in [3.8, 4) is 0 Å². The van der Waals surface area contributed by atoms with E-state index in [9.17, 15) is 43.2 Å². The number of nitrogens with zero attached hydrogens (tertiary/aromatic N) is 5. The van der Waals surface area contributed by atoms with E-state index in [2.05, 4.69) is 148 Å². The summed E-state index contributed by atoms with van der Waals surface area (Å²) in [5.41, 5.74) is -2.66. The number of hydrogen-bond donors (Lipinski definition) is 1. The monoisotopic (exact) mass is 1660 g/mol. The van der Waals surface area contributed by atoms with E-state index in [1.807, 2.05) is 91.8 Å². The third-order valence-corrected chi connectivity index (χ3v) is 39.2. The summed E-state index contributed by atoms with van der Waals surface area (Å²) in [5, 5.41) is 11.7. The molecule has 0 unspecified atom stereocenters. The van der Waals surface area contributed by atoms with Crippen molar-refractivity contribution in [2.75, 3.05) is 6.54 Å². The summed E-state index contributed by atoms with van der Waals surface area (Å²) < 4.78 is 12.2. The van der Waals surface area contributed by atoms with Crippen LogP contribution >= 0.6 is 11.6 Å². The second-order valence-electron chi connectivity index (χ2n) is 47.8. The molecule has 0 saturated heterocycles. The number of nitrogens with one attached hydrogen (secondary N) is 1. The molecule has 0 bridgehead atoms. The van der Waals surface area contributed by atoms with Gasteiger partial charge in [0.15, 0.2) is 40.5 Å². The molecule has 1 heterocycles. The highest BCUT2D eigenvalue weighted by Crippen LogP contribution is 2.80. The molecule has 1 N–H and O–H groups in total. The van der Waals surface area contributed by atoms with Crippen LogP contribution in [0.15, 0.2) is 74.7 Å². The second-order valence-corrected chi connectivity index (χ2v) is 48.2. The summed E-state index contributed by atoms with van der Waals surface area (Å²) in [7, 11) is 1.25. The fourth-order valence-corrected chi connectivity index (χ4v) is 31.5. The van der Waals surface area contributed by atoms with Gasteiger partial charge >= 0.3 is 0 Å². The molecule has 120 heavy (non-hydrogen) atoms. The number of Topliss-reactive ketones (excluding diaryl/α,β-unsaturated/α-hetero) is 4. The van der Waals surface area contributed by atoms with Gasteiger partial charge in [0.05, 0.1) is 31.7 Å². The zero-order chi connectivity index (χ0) is 89.9. The second kappa shape index (κ2) is 28.6. The van der Waals surface area contributed by atoms with E-state index in [0.29, 0.717) is 5.89 Å². The van der Waals surface area contributed by atoms with Crippen LogP contribution in [0.1, 0.15) is 334 Å². The van der Waals surface area contributed by atoms with Crippen molar-refractivity contribution in [1.29, 1.82) is 0 Å². The summed E-state index contributed by atoms with van der Waals surface area (Å²) in [5.74, 6) is 0.972. The quantitative estimate of drug-likeness (QED) is 0.199. The van der Waals surface area contributed by atoms with Crippen molar-refractivity contribution in [1.82, 2.24) is 15.5 Å². The normalized spacial score (nSPS) is 43.2. The summed E-state index contributed by atoms with van der Waals surface area (Å²) in [4.78, 5) is 134. The average Bonchev–Trinajstić information content (AvgIpc) is 0.853. The molecule has 1 amide bonds. The highest BCUT2D eigenvalue weighted by molar-refractivity contribution is 6.64. The van der Waals surface area contributed by atoms with Gasteiger partial charge in [0.2, 0.25) is 40.0 Å². The minimum absolute atomic E-state index is 0.0118. The van der Waals surface area contributed by atoms with Crippen molar-refractivity contribution in [2.24, 2.45) is 151 Å². The first-order chi connectivity index (χ1) is 55.8. The fraction of sp³-hybridized carbons (Fsp3) is 0.748. The number of allylic oxidation sites excluding steroid dienone is 12. The molecule has 21 atom stereocenters. The van der Waals surface area contributed by atoms with E-state index in [-0.39, 0.29) is 195 Å². The van der Waals surface area contributed by atoms with E-state index < -0.39 is 43.3 Å². The lowest BCUT2D eigenvalue weighted by Crippen LogP contribution is -2.66. The van der Waals surface area contributed by atoms with Gasteiger partial charge in [0, 0.05) is 74.3 Å². The van der Waals surface area contributed by atoms with Crippen LogP contribution in [0.2, 0.25) is 0 Å². The molecule has 15 aliphatic rings. The minimum Gasteiger partial charge on any atom is -0.424 e. The van der Waals surface area contributed by atoms with Crippen molar-refractivity contribution < 1.29 is 48.9 Å². The highest BCUT2D eigenvalue weighted by atomic mass is 35.5. The van der Waals surface area contributed by atoms with E-state index in [4.69, 9.17) is 37.1 Å². The van der Waals surface area contributed by atoms with Gasteiger partial charge in [0.1, 0.15) is 0 Å². The van der Waals surface area contributed by atoms with Crippen molar-refractivity contribution in [3.05, 3.63) is 116 Å². The van der Waals surface area contributed by atoms with Crippen LogP contribution in [0.3, 0.4) is 0 Å². The average molecular weight is 1660 g/mol. The van der Waals surface area contributed by atoms with E-state index in [1.54, 1.807) is 0 Å². The van der Waals surface area contributed by atoms with Gasteiger partial charge in [-0.25, -0.2) is 14.5 Å². The zero-order valence-corrected chi connectivity index (χ0v) is 78.3. The zero-order valence-electron chi connectivity index (χ0n) is 78.6. The Morgan fingerprint density at radius 3 is 1.13 bits per heavy atom. The topological polar surface area (TPSA) is 218 Å². The third-order valence-electron chi connectivity index (χ3n) is 38.8. The summed E-state index contributed by atoms with van der Waals surface area (Å²) in [6.45, 7) is 77.2. The van der Waals surface area contributed by atoms with Gasteiger partial charge in [-0.15, -0.1) is 10.2 Å². The van der Waals surface area contributed by atoms with Crippen LogP contribution in [-0.4, -0.2) is 68.4 Å².